The van der Waals surface area contributed by atoms with Crippen LogP contribution in [0.5, 0.6) is 0 Å². The summed E-state index contributed by atoms with van der Waals surface area (Å²) >= 11 is 0. The highest BCUT2D eigenvalue weighted by Crippen LogP contribution is 2.20. The van der Waals surface area contributed by atoms with Gasteiger partial charge in [-0.3, -0.25) is 0 Å². The van der Waals surface area contributed by atoms with Crippen LogP contribution in [0.15, 0.2) is 54.6 Å². The molecule has 3 aromatic carbocycles. The average Bonchev–Trinajstić information content (AvgIpc) is 2.60. The first-order valence-corrected chi connectivity index (χ1v) is 7.21. The molecule has 0 aliphatic rings. The Morgan fingerprint density at radius 2 is 1.62 bits per heavy atom. The molecule has 0 atom stereocenters. The summed E-state index contributed by atoms with van der Waals surface area (Å²) in [6.45, 7) is 0.207. The third kappa shape index (κ3) is 3.17. The summed E-state index contributed by atoms with van der Waals surface area (Å²) in [6, 6.07) is 14.4. The van der Waals surface area contributed by atoms with E-state index in [0.717, 1.165) is 28.5 Å². The van der Waals surface area contributed by atoms with E-state index in [4.69, 9.17) is 0 Å². The lowest BCUT2D eigenvalue weighted by atomic mass is 10.0. The van der Waals surface area contributed by atoms with Gasteiger partial charge in [0.15, 0.2) is 17.5 Å². The number of benzene rings is 3. The van der Waals surface area contributed by atoms with Crippen molar-refractivity contribution in [2.45, 2.75) is 6.54 Å². The van der Waals surface area contributed by atoms with Crippen LogP contribution >= 0.6 is 0 Å². The molecule has 0 saturated heterocycles. The first-order valence-electron chi connectivity index (χ1n) is 7.21. The fourth-order valence-electron chi connectivity index (χ4n) is 2.41. The number of rotatable bonds is 3. The Balaban J connectivity index is 1.71. The fraction of sp³-hybridized carbons (Fsp3) is 0.0556. The molecule has 3 nitrogen and oxygen atoms in total. The lowest BCUT2D eigenvalue weighted by Gasteiger charge is -2.10. The van der Waals surface area contributed by atoms with Crippen LogP contribution in [0.3, 0.4) is 0 Å². The third-order valence-corrected chi connectivity index (χ3v) is 3.60. The van der Waals surface area contributed by atoms with Gasteiger partial charge in [-0.1, -0.05) is 42.5 Å². The van der Waals surface area contributed by atoms with Gasteiger partial charge in [-0.05, 0) is 28.5 Å². The predicted molar refractivity (Wildman–Crippen MR) is 86.1 cm³/mol. The molecular weight excluding hydrogens is 317 g/mol. The Morgan fingerprint density at radius 1 is 0.875 bits per heavy atom. The van der Waals surface area contributed by atoms with E-state index in [9.17, 15) is 18.0 Å². The van der Waals surface area contributed by atoms with Gasteiger partial charge in [0.25, 0.3) is 0 Å². The predicted octanol–water partition coefficient (Wildman–Crippen LogP) is 4.58. The molecule has 6 heteroatoms. The van der Waals surface area contributed by atoms with Crippen LogP contribution in [0.4, 0.5) is 23.7 Å². The van der Waals surface area contributed by atoms with Crippen molar-refractivity contribution in [2.24, 2.45) is 0 Å². The van der Waals surface area contributed by atoms with Gasteiger partial charge < -0.3 is 10.6 Å². The highest BCUT2D eigenvalue weighted by molar-refractivity contribution is 5.90. The molecule has 0 spiro atoms. The van der Waals surface area contributed by atoms with E-state index in [2.05, 4.69) is 10.6 Å². The number of anilines is 1. The molecule has 0 aliphatic carbocycles. The monoisotopic (exact) mass is 330 g/mol. The average molecular weight is 330 g/mol. The lowest BCUT2D eigenvalue weighted by Crippen LogP contribution is -2.28. The molecule has 0 saturated carbocycles. The molecule has 3 aromatic rings. The second kappa shape index (κ2) is 6.62. The smallest absolute Gasteiger partial charge is 0.319 e. The van der Waals surface area contributed by atoms with Gasteiger partial charge in [-0.2, -0.15) is 0 Å². The number of fused-ring (bicyclic) bond motifs is 1. The van der Waals surface area contributed by atoms with Crippen LogP contribution in [0, 0.1) is 17.5 Å². The Bertz CT molecular complexity index is 907. The van der Waals surface area contributed by atoms with Gasteiger partial charge in [-0.15, -0.1) is 0 Å². The van der Waals surface area contributed by atoms with Crippen molar-refractivity contribution >= 4 is 22.5 Å². The van der Waals surface area contributed by atoms with Crippen molar-refractivity contribution in [3.8, 4) is 0 Å². The fourth-order valence-corrected chi connectivity index (χ4v) is 2.41. The number of amides is 2. The van der Waals surface area contributed by atoms with Crippen molar-refractivity contribution in [3.05, 3.63) is 77.6 Å². The zero-order valence-electron chi connectivity index (χ0n) is 12.4. The van der Waals surface area contributed by atoms with Crippen LogP contribution < -0.4 is 10.6 Å². The Kier molecular flexibility index (Phi) is 4.37. The van der Waals surface area contributed by atoms with Crippen molar-refractivity contribution in [2.75, 3.05) is 5.32 Å². The minimum absolute atomic E-state index is 0.207. The lowest BCUT2D eigenvalue weighted by molar-refractivity contribution is 0.251. The van der Waals surface area contributed by atoms with E-state index in [1.807, 2.05) is 42.5 Å². The topological polar surface area (TPSA) is 41.1 Å². The number of carbonyl (C=O) groups excluding carboxylic acids is 1. The molecule has 2 N–H and O–H groups in total. The number of halogens is 3. The molecule has 0 bridgehead atoms. The van der Waals surface area contributed by atoms with Crippen LogP contribution in [0.2, 0.25) is 0 Å². The maximum Gasteiger partial charge on any atom is 0.319 e. The van der Waals surface area contributed by atoms with E-state index < -0.39 is 29.2 Å². The van der Waals surface area contributed by atoms with Crippen molar-refractivity contribution < 1.29 is 18.0 Å². The number of hydrogen-bond donors (Lipinski definition) is 2. The van der Waals surface area contributed by atoms with Gasteiger partial charge in [0.2, 0.25) is 0 Å². The summed E-state index contributed by atoms with van der Waals surface area (Å²) in [5.41, 5.74) is 0.457. The van der Waals surface area contributed by atoms with E-state index in [-0.39, 0.29) is 6.54 Å². The zero-order valence-corrected chi connectivity index (χ0v) is 12.4. The van der Waals surface area contributed by atoms with Crippen LogP contribution in [0.1, 0.15) is 5.56 Å². The SMILES string of the molecule is O=C(NCc1cccc2ccccc12)Nc1ccc(F)c(F)c1F. The molecule has 0 aliphatic heterocycles. The van der Waals surface area contributed by atoms with Gasteiger partial charge >= 0.3 is 6.03 Å². The number of carbonyl (C=O) groups is 1. The molecule has 0 aromatic heterocycles. The van der Waals surface area contributed by atoms with Gasteiger partial charge in [-0.25, -0.2) is 18.0 Å². The normalized spacial score (nSPS) is 10.6. The second-order valence-corrected chi connectivity index (χ2v) is 5.17. The second-order valence-electron chi connectivity index (χ2n) is 5.17. The summed E-state index contributed by atoms with van der Waals surface area (Å²) in [7, 11) is 0. The maximum atomic E-state index is 13.5. The molecule has 3 rings (SSSR count). The number of urea groups is 1. The van der Waals surface area contributed by atoms with E-state index in [0.29, 0.717) is 0 Å². The summed E-state index contributed by atoms with van der Waals surface area (Å²) in [5, 5.41) is 6.75. The van der Waals surface area contributed by atoms with Gasteiger partial charge in [0, 0.05) is 6.54 Å². The molecular formula is C18H13F3N2O. The summed E-state index contributed by atoms with van der Waals surface area (Å²) in [6.07, 6.45) is 0. The standard InChI is InChI=1S/C18H13F3N2O/c19-14-8-9-15(17(21)16(14)20)23-18(24)22-10-12-6-3-5-11-4-1-2-7-13(11)12/h1-9H,10H2,(H2,22,23,24). The van der Waals surface area contributed by atoms with Crippen LogP contribution in [-0.4, -0.2) is 6.03 Å². The Hall–Kier alpha value is -3.02. The Morgan fingerprint density at radius 3 is 2.46 bits per heavy atom. The van der Waals surface area contributed by atoms with Crippen LogP contribution in [0.25, 0.3) is 10.8 Å². The van der Waals surface area contributed by atoms with Crippen LogP contribution in [-0.2, 0) is 6.54 Å². The molecule has 0 heterocycles. The minimum atomic E-state index is -1.62. The van der Waals surface area contributed by atoms with Crippen molar-refractivity contribution in [1.82, 2.24) is 5.32 Å². The number of nitrogens with one attached hydrogen (secondary N) is 2. The first-order chi connectivity index (χ1) is 11.6. The molecule has 0 radical (unpaired) electrons. The molecule has 24 heavy (non-hydrogen) atoms. The van der Waals surface area contributed by atoms with Gasteiger partial charge in [0.1, 0.15) is 0 Å². The van der Waals surface area contributed by atoms with E-state index in [1.165, 1.54) is 0 Å². The largest absolute Gasteiger partial charge is 0.334 e. The molecule has 122 valence electrons. The maximum absolute atomic E-state index is 13.5. The number of hydrogen-bond acceptors (Lipinski definition) is 1. The molecule has 2 amide bonds. The summed E-state index contributed by atoms with van der Waals surface area (Å²) in [5.74, 6) is -4.37. The highest BCUT2D eigenvalue weighted by atomic mass is 19.2. The third-order valence-electron chi connectivity index (χ3n) is 3.60. The zero-order chi connectivity index (χ0) is 17.1. The molecule has 0 unspecified atom stereocenters. The molecule has 0 fully saturated rings. The van der Waals surface area contributed by atoms with E-state index in [1.54, 1.807) is 0 Å². The summed E-state index contributed by atoms with van der Waals surface area (Å²) < 4.78 is 39.6. The minimum Gasteiger partial charge on any atom is -0.334 e. The van der Waals surface area contributed by atoms with E-state index >= 15 is 0 Å². The highest BCUT2D eigenvalue weighted by Gasteiger charge is 2.15. The van der Waals surface area contributed by atoms with Gasteiger partial charge in [0.05, 0.1) is 5.69 Å². The van der Waals surface area contributed by atoms with Crippen molar-refractivity contribution in [1.29, 1.82) is 0 Å². The quantitative estimate of drug-likeness (QED) is 0.678. The Labute approximate surface area is 136 Å². The van der Waals surface area contributed by atoms with Crippen molar-refractivity contribution in [3.63, 3.8) is 0 Å². The first kappa shape index (κ1) is 15.9. The summed E-state index contributed by atoms with van der Waals surface area (Å²) in [4.78, 5) is 11.9.